The largest absolute Gasteiger partial charge is 0.466 e. The van der Waals surface area contributed by atoms with Gasteiger partial charge in [-0.1, -0.05) is 76.5 Å². The molecule has 0 saturated heterocycles. The minimum atomic E-state index is -0.216. The van der Waals surface area contributed by atoms with Crippen molar-refractivity contribution in [1.29, 1.82) is 0 Å². The predicted octanol–water partition coefficient (Wildman–Crippen LogP) is 6.53. The third-order valence-electron chi connectivity index (χ3n) is 4.84. The van der Waals surface area contributed by atoms with Crippen LogP contribution in [0.5, 0.6) is 5.75 Å². The lowest BCUT2D eigenvalue weighted by molar-refractivity contribution is -0.143. The van der Waals surface area contributed by atoms with Gasteiger partial charge >= 0.3 is 11.9 Å². The lowest BCUT2D eigenvalue weighted by Crippen LogP contribution is -2.09. The van der Waals surface area contributed by atoms with E-state index in [1.165, 1.54) is 38.5 Å². The van der Waals surface area contributed by atoms with E-state index in [9.17, 15) is 9.59 Å². The highest BCUT2D eigenvalue weighted by Gasteiger charge is 2.07. The summed E-state index contributed by atoms with van der Waals surface area (Å²) in [6.45, 7) is 4.69. The van der Waals surface area contributed by atoms with Gasteiger partial charge in [-0.05, 0) is 37.8 Å². The fourth-order valence-corrected chi connectivity index (χ4v) is 3.05. The summed E-state index contributed by atoms with van der Waals surface area (Å²) < 4.78 is 10.6. The molecular formula is C24H38O4. The second-order valence-corrected chi connectivity index (χ2v) is 7.50. The first-order valence-corrected chi connectivity index (χ1v) is 11.1. The summed E-state index contributed by atoms with van der Waals surface area (Å²) in [7, 11) is 0. The zero-order valence-electron chi connectivity index (χ0n) is 17.8. The Balaban J connectivity index is 1.92. The fourth-order valence-electron chi connectivity index (χ4n) is 3.05. The van der Waals surface area contributed by atoms with Crippen molar-refractivity contribution in [3.05, 3.63) is 29.8 Å². The van der Waals surface area contributed by atoms with Crippen molar-refractivity contribution < 1.29 is 19.1 Å². The van der Waals surface area contributed by atoms with Crippen LogP contribution in [0.1, 0.15) is 96.0 Å². The van der Waals surface area contributed by atoms with Gasteiger partial charge in [-0.15, -0.1) is 0 Å². The predicted molar refractivity (Wildman–Crippen MR) is 113 cm³/mol. The van der Waals surface area contributed by atoms with E-state index in [-0.39, 0.29) is 11.9 Å². The summed E-state index contributed by atoms with van der Waals surface area (Å²) in [5, 5.41) is 0. The first-order chi connectivity index (χ1) is 13.6. The van der Waals surface area contributed by atoms with Gasteiger partial charge < -0.3 is 9.47 Å². The van der Waals surface area contributed by atoms with Crippen molar-refractivity contribution >= 4 is 11.9 Å². The van der Waals surface area contributed by atoms with Crippen molar-refractivity contribution in [3.63, 3.8) is 0 Å². The SMILES string of the molecule is CCCCCCCCCCOC(=O)CCCCCC(=O)Oc1ccccc1C. The molecule has 1 aromatic rings. The molecule has 0 unspecified atom stereocenters. The Morgan fingerprint density at radius 3 is 2.00 bits per heavy atom. The molecular weight excluding hydrogens is 352 g/mol. The van der Waals surface area contributed by atoms with E-state index in [1.807, 2.05) is 25.1 Å². The number of carbonyl (C=O) groups excluding carboxylic acids is 2. The van der Waals surface area contributed by atoms with Gasteiger partial charge in [0.2, 0.25) is 0 Å². The van der Waals surface area contributed by atoms with Crippen molar-refractivity contribution in [3.8, 4) is 5.75 Å². The Kier molecular flexibility index (Phi) is 14.0. The molecule has 0 saturated carbocycles. The van der Waals surface area contributed by atoms with Crippen LogP contribution in [-0.4, -0.2) is 18.5 Å². The van der Waals surface area contributed by atoms with Crippen molar-refractivity contribution in [2.24, 2.45) is 0 Å². The number of rotatable bonds is 16. The second kappa shape index (κ2) is 16.1. The maximum absolute atomic E-state index is 11.8. The molecule has 1 rings (SSSR count). The lowest BCUT2D eigenvalue weighted by atomic mass is 10.1. The standard InChI is InChI=1S/C24H38O4/c1-3-4-5-6-7-8-9-15-20-27-23(25)18-11-10-12-19-24(26)28-22-17-14-13-16-21(22)2/h13-14,16-17H,3-12,15,18-20H2,1-2H3. The zero-order chi connectivity index (χ0) is 20.5. The molecule has 4 nitrogen and oxygen atoms in total. The van der Waals surface area contributed by atoms with Crippen LogP contribution in [0, 0.1) is 6.92 Å². The molecule has 0 heterocycles. The van der Waals surface area contributed by atoms with Crippen LogP contribution in [0.3, 0.4) is 0 Å². The summed E-state index contributed by atoms with van der Waals surface area (Å²) in [6.07, 6.45) is 13.1. The maximum Gasteiger partial charge on any atom is 0.311 e. The number of ether oxygens (including phenoxy) is 2. The minimum Gasteiger partial charge on any atom is -0.466 e. The van der Waals surface area contributed by atoms with Crippen LogP contribution in [0.15, 0.2) is 24.3 Å². The summed E-state index contributed by atoms with van der Waals surface area (Å²) in [6, 6.07) is 7.49. The number of unbranched alkanes of at least 4 members (excludes halogenated alkanes) is 9. The highest BCUT2D eigenvalue weighted by atomic mass is 16.5. The Morgan fingerprint density at radius 2 is 1.32 bits per heavy atom. The summed E-state index contributed by atoms with van der Waals surface area (Å²) >= 11 is 0. The number of para-hydroxylation sites is 1. The van der Waals surface area contributed by atoms with Gasteiger partial charge in [0, 0.05) is 12.8 Å². The Morgan fingerprint density at radius 1 is 0.750 bits per heavy atom. The van der Waals surface area contributed by atoms with Crippen molar-refractivity contribution in [1.82, 2.24) is 0 Å². The normalized spacial score (nSPS) is 10.6. The molecule has 0 aliphatic heterocycles. The van der Waals surface area contributed by atoms with E-state index in [0.29, 0.717) is 25.2 Å². The zero-order valence-corrected chi connectivity index (χ0v) is 17.8. The summed E-state index contributed by atoms with van der Waals surface area (Å²) in [5.41, 5.74) is 0.954. The minimum absolute atomic E-state index is 0.120. The van der Waals surface area contributed by atoms with Gasteiger partial charge in [-0.2, -0.15) is 0 Å². The van der Waals surface area contributed by atoms with Gasteiger partial charge in [-0.3, -0.25) is 9.59 Å². The molecule has 0 aromatic heterocycles. The first kappa shape index (κ1) is 24.2. The van der Waals surface area contributed by atoms with E-state index in [1.54, 1.807) is 6.07 Å². The number of hydrogen-bond acceptors (Lipinski definition) is 4. The average molecular weight is 391 g/mol. The molecule has 4 heteroatoms. The molecule has 0 fully saturated rings. The number of esters is 2. The Hall–Kier alpha value is -1.84. The van der Waals surface area contributed by atoms with E-state index in [4.69, 9.17) is 9.47 Å². The van der Waals surface area contributed by atoms with Gasteiger partial charge in [0.1, 0.15) is 5.75 Å². The molecule has 158 valence electrons. The highest BCUT2D eigenvalue weighted by molar-refractivity contribution is 5.72. The van der Waals surface area contributed by atoms with E-state index in [0.717, 1.165) is 37.7 Å². The first-order valence-electron chi connectivity index (χ1n) is 11.1. The molecule has 0 aliphatic carbocycles. The van der Waals surface area contributed by atoms with Gasteiger partial charge in [0.15, 0.2) is 0 Å². The average Bonchev–Trinajstić information content (AvgIpc) is 2.68. The van der Waals surface area contributed by atoms with Gasteiger partial charge in [0.25, 0.3) is 0 Å². The molecule has 0 N–H and O–H groups in total. The van der Waals surface area contributed by atoms with Crippen LogP contribution < -0.4 is 4.74 Å². The Labute approximate surface area is 171 Å². The molecule has 0 atom stereocenters. The number of aryl methyl sites for hydroxylation is 1. The van der Waals surface area contributed by atoms with Crippen LogP contribution >= 0.6 is 0 Å². The van der Waals surface area contributed by atoms with E-state index >= 15 is 0 Å². The topological polar surface area (TPSA) is 52.6 Å². The lowest BCUT2D eigenvalue weighted by Gasteiger charge is -2.07. The monoisotopic (exact) mass is 390 g/mol. The summed E-state index contributed by atoms with van der Waals surface area (Å²) in [5.74, 6) is 0.286. The molecule has 0 amide bonds. The van der Waals surface area contributed by atoms with Crippen LogP contribution in [-0.2, 0) is 14.3 Å². The van der Waals surface area contributed by atoms with E-state index < -0.39 is 0 Å². The van der Waals surface area contributed by atoms with Crippen LogP contribution in [0.25, 0.3) is 0 Å². The van der Waals surface area contributed by atoms with Gasteiger partial charge in [-0.25, -0.2) is 0 Å². The Bertz CT molecular complexity index is 553. The van der Waals surface area contributed by atoms with E-state index in [2.05, 4.69) is 6.92 Å². The van der Waals surface area contributed by atoms with Crippen molar-refractivity contribution in [2.45, 2.75) is 97.3 Å². The third-order valence-corrected chi connectivity index (χ3v) is 4.84. The third kappa shape index (κ3) is 12.5. The second-order valence-electron chi connectivity index (χ2n) is 7.50. The molecule has 1 aromatic carbocycles. The number of carbonyl (C=O) groups is 2. The molecule has 28 heavy (non-hydrogen) atoms. The molecule has 0 spiro atoms. The smallest absolute Gasteiger partial charge is 0.311 e. The highest BCUT2D eigenvalue weighted by Crippen LogP contribution is 2.17. The van der Waals surface area contributed by atoms with Gasteiger partial charge in [0.05, 0.1) is 6.61 Å². The molecule has 0 radical (unpaired) electrons. The number of hydrogen-bond donors (Lipinski definition) is 0. The van der Waals surface area contributed by atoms with Crippen LogP contribution in [0.2, 0.25) is 0 Å². The van der Waals surface area contributed by atoms with Crippen LogP contribution in [0.4, 0.5) is 0 Å². The fraction of sp³-hybridized carbons (Fsp3) is 0.667. The number of benzene rings is 1. The van der Waals surface area contributed by atoms with Crippen molar-refractivity contribution in [2.75, 3.05) is 6.61 Å². The molecule has 0 bridgehead atoms. The quantitative estimate of drug-likeness (QED) is 0.183. The summed E-state index contributed by atoms with van der Waals surface area (Å²) in [4.78, 5) is 23.6. The maximum atomic E-state index is 11.8. The molecule has 0 aliphatic rings.